The molecule has 0 aliphatic heterocycles. The van der Waals surface area contributed by atoms with Crippen LogP contribution in [0.2, 0.25) is 0 Å². The molecule has 0 fully saturated rings. The molecule has 0 aromatic heterocycles. The summed E-state index contributed by atoms with van der Waals surface area (Å²) in [7, 11) is 0. The van der Waals surface area contributed by atoms with E-state index in [0.717, 1.165) is 6.92 Å². The van der Waals surface area contributed by atoms with Gasteiger partial charge in [0.25, 0.3) is 0 Å². The Balaban J connectivity index is 0. The van der Waals surface area contributed by atoms with E-state index in [4.69, 9.17) is 0 Å². The van der Waals surface area contributed by atoms with Crippen LogP contribution in [0.5, 0.6) is 0 Å². The molecule has 0 saturated carbocycles. The van der Waals surface area contributed by atoms with Crippen LogP contribution in [0.4, 0.5) is 13.2 Å². The Morgan fingerprint density at radius 2 is 1.25 bits per heavy atom. The van der Waals surface area contributed by atoms with Crippen LogP contribution < -0.4 is 0 Å². The lowest BCUT2D eigenvalue weighted by Crippen LogP contribution is -2.17. The Labute approximate surface area is 96.5 Å². The molecule has 1 rings (SSSR count). The van der Waals surface area contributed by atoms with Gasteiger partial charge >= 0.3 is 6.18 Å². The number of halogens is 3. The van der Waals surface area contributed by atoms with Gasteiger partial charge in [-0.15, -0.1) is 0 Å². The first-order valence-electron chi connectivity index (χ1n) is 5.63. The van der Waals surface area contributed by atoms with Crippen LogP contribution in [0, 0.1) is 0 Å². The van der Waals surface area contributed by atoms with Crippen molar-refractivity contribution in [1.29, 1.82) is 0 Å². The summed E-state index contributed by atoms with van der Waals surface area (Å²) in [5.41, 5.74) is 0.310. The molecule has 0 N–H and O–H groups in total. The molecule has 0 nitrogen and oxygen atoms in total. The van der Waals surface area contributed by atoms with Gasteiger partial charge in [0.15, 0.2) is 0 Å². The van der Waals surface area contributed by atoms with Gasteiger partial charge in [0.1, 0.15) is 0 Å². The second kappa shape index (κ2) is 9.25. The van der Waals surface area contributed by atoms with Crippen LogP contribution in [0.1, 0.15) is 46.1 Å². The van der Waals surface area contributed by atoms with Gasteiger partial charge in [-0.3, -0.25) is 0 Å². The van der Waals surface area contributed by atoms with Gasteiger partial charge in [0.05, 0.1) is 5.92 Å². The van der Waals surface area contributed by atoms with E-state index in [1.54, 1.807) is 18.2 Å². The Bertz CT molecular complexity index is 239. The van der Waals surface area contributed by atoms with Crippen molar-refractivity contribution in [2.45, 2.75) is 46.7 Å². The first-order chi connectivity index (χ1) is 7.52. The smallest absolute Gasteiger partial charge is 0.170 e. The normalized spacial score (nSPS) is 11.5. The van der Waals surface area contributed by atoms with Crippen molar-refractivity contribution >= 4 is 0 Å². The molecule has 94 valence electrons. The molecule has 1 aromatic rings. The summed E-state index contributed by atoms with van der Waals surface area (Å²) in [6.07, 6.45) is -4.14. The predicted octanol–water partition coefficient (Wildman–Crippen LogP) is 5.40. The highest BCUT2D eigenvalue weighted by atomic mass is 19.4. The number of hydrogen-bond donors (Lipinski definition) is 0. The van der Waals surface area contributed by atoms with E-state index in [1.807, 2.05) is 27.7 Å². The molecule has 1 unspecified atom stereocenters. The molecule has 1 aromatic carbocycles. The number of benzene rings is 1. The van der Waals surface area contributed by atoms with Crippen LogP contribution in [-0.4, -0.2) is 6.18 Å². The van der Waals surface area contributed by atoms with Gasteiger partial charge in [-0.2, -0.15) is 13.2 Å². The third-order valence-electron chi connectivity index (χ3n) is 1.79. The van der Waals surface area contributed by atoms with E-state index in [9.17, 15) is 13.2 Å². The van der Waals surface area contributed by atoms with Crippen LogP contribution >= 0.6 is 0 Å². The van der Waals surface area contributed by atoms with E-state index in [2.05, 4.69) is 0 Å². The molecular formula is C13H21F3. The molecule has 0 aliphatic rings. The molecule has 0 amide bonds. The van der Waals surface area contributed by atoms with Gasteiger partial charge in [-0.25, -0.2) is 0 Å². The topological polar surface area (TPSA) is 0 Å². The Kier molecular flexibility index (Phi) is 10.1. The summed E-state index contributed by atoms with van der Waals surface area (Å²) in [5.74, 6) is -1.38. The summed E-state index contributed by atoms with van der Waals surface area (Å²) in [6, 6.07) is 7.89. The Hall–Kier alpha value is -0.990. The predicted molar refractivity (Wildman–Crippen MR) is 63.6 cm³/mol. The molecule has 1 atom stereocenters. The Morgan fingerprint density at radius 3 is 1.56 bits per heavy atom. The average Bonchev–Trinajstić information content (AvgIpc) is 2.33. The third kappa shape index (κ3) is 6.49. The second-order valence-corrected chi connectivity index (χ2v) is 2.67. The molecule has 0 heterocycles. The monoisotopic (exact) mass is 234 g/mol. The highest BCUT2D eigenvalue weighted by molar-refractivity contribution is 5.19. The maximum absolute atomic E-state index is 12.1. The second-order valence-electron chi connectivity index (χ2n) is 2.67. The summed E-state index contributed by atoms with van der Waals surface area (Å²) in [6.45, 7) is 9.16. The minimum atomic E-state index is -4.14. The fraction of sp³-hybridized carbons (Fsp3) is 0.538. The fourth-order valence-electron chi connectivity index (χ4n) is 0.931. The quantitative estimate of drug-likeness (QED) is 0.610. The summed E-state index contributed by atoms with van der Waals surface area (Å²) in [4.78, 5) is 0. The zero-order valence-corrected chi connectivity index (χ0v) is 10.6. The van der Waals surface area contributed by atoms with E-state index < -0.39 is 12.1 Å². The lowest BCUT2D eigenvalue weighted by atomic mass is 10.0. The van der Waals surface area contributed by atoms with Crippen molar-refractivity contribution in [2.24, 2.45) is 0 Å². The van der Waals surface area contributed by atoms with Gasteiger partial charge < -0.3 is 0 Å². The lowest BCUT2D eigenvalue weighted by molar-refractivity contribution is -0.146. The minimum Gasteiger partial charge on any atom is -0.170 e. The van der Waals surface area contributed by atoms with Crippen molar-refractivity contribution in [1.82, 2.24) is 0 Å². The molecule has 0 spiro atoms. The van der Waals surface area contributed by atoms with E-state index >= 15 is 0 Å². The molecule has 0 radical (unpaired) electrons. The number of rotatable bonds is 1. The van der Waals surface area contributed by atoms with Crippen molar-refractivity contribution in [3.63, 3.8) is 0 Å². The minimum absolute atomic E-state index is 0.310. The molecule has 3 heteroatoms. The largest absolute Gasteiger partial charge is 0.395 e. The standard InChI is InChI=1S/C9H9F3.2C2H6/c1-7(9(10,11)12)8-5-3-2-4-6-8;2*1-2/h2-7H,1H3;2*1-2H3. The first kappa shape index (κ1) is 17.4. The highest BCUT2D eigenvalue weighted by Crippen LogP contribution is 2.33. The van der Waals surface area contributed by atoms with Gasteiger partial charge in [-0.05, 0) is 12.5 Å². The van der Waals surface area contributed by atoms with Crippen LogP contribution in [0.25, 0.3) is 0 Å². The zero-order chi connectivity index (χ0) is 13.2. The number of alkyl halides is 3. The molecule has 0 bridgehead atoms. The first-order valence-corrected chi connectivity index (χ1v) is 5.63. The molecular weight excluding hydrogens is 213 g/mol. The Morgan fingerprint density at radius 1 is 0.875 bits per heavy atom. The SMILES string of the molecule is CC.CC.CC(c1ccccc1)C(F)(F)F. The third-order valence-corrected chi connectivity index (χ3v) is 1.79. The average molecular weight is 234 g/mol. The van der Waals surface area contributed by atoms with E-state index in [1.165, 1.54) is 12.1 Å². The summed E-state index contributed by atoms with van der Waals surface area (Å²) >= 11 is 0. The number of hydrogen-bond acceptors (Lipinski definition) is 0. The van der Waals surface area contributed by atoms with Gasteiger partial charge in [-0.1, -0.05) is 58.0 Å². The highest BCUT2D eigenvalue weighted by Gasteiger charge is 2.36. The van der Waals surface area contributed by atoms with Crippen molar-refractivity contribution in [2.75, 3.05) is 0 Å². The van der Waals surface area contributed by atoms with Crippen LogP contribution in [-0.2, 0) is 0 Å². The molecule has 0 saturated heterocycles. The molecule has 16 heavy (non-hydrogen) atoms. The van der Waals surface area contributed by atoms with Crippen molar-refractivity contribution in [3.05, 3.63) is 35.9 Å². The van der Waals surface area contributed by atoms with E-state index in [-0.39, 0.29) is 0 Å². The van der Waals surface area contributed by atoms with Crippen LogP contribution in [0.3, 0.4) is 0 Å². The van der Waals surface area contributed by atoms with Gasteiger partial charge in [0.2, 0.25) is 0 Å². The van der Waals surface area contributed by atoms with Crippen LogP contribution in [0.15, 0.2) is 30.3 Å². The maximum atomic E-state index is 12.1. The summed E-state index contributed by atoms with van der Waals surface area (Å²) in [5, 5.41) is 0. The van der Waals surface area contributed by atoms with Gasteiger partial charge in [0, 0.05) is 0 Å². The zero-order valence-electron chi connectivity index (χ0n) is 10.6. The lowest BCUT2D eigenvalue weighted by Gasteiger charge is -2.15. The summed E-state index contributed by atoms with van der Waals surface area (Å²) < 4.78 is 36.4. The molecule has 0 aliphatic carbocycles. The van der Waals surface area contributed by atoms with E-state index in [0.29, 0.717) is 5.56 Å². The van der Waals surface area contributed by atoms with Crippen molar-refractivity contribution in [3.8, 4) is 0 Å². The van der Waals surface area contributed by atoms with Crippen molar-refractivity contribution < 1.29 is 13.2 Å². The maximum Gasteiger partial charge on any atom is 0.395 e. The fourth-order valence-corrected chi connectivity index (χ4v) is 0.931.